The van der Waals surface area contributed by atoms with E-state index < -0.39 is 17.5 Å². The number of fused-ring (bicyclic) bond motifs is 1. The zero-order valence-corrected chi connectivity index (χ0v) is 9.71. The van der Waals surface area contributed by atoms with Crippen molar-refractivity contribution in [2.75, 3.05) is 0 Å². The van der Waals surface area contributed by atoms with Crippen molar-refractivity contribution in [1.29, 1.82) is 0 Å². The number of hydrogen-bond donors (Lipinski definition) is 2. The van der Waals surface area contributed by atoms with Crippen molar-refractivity contribution in [1.82, 2.24) is 4.98 Å². The molecule has 0 unspecified atom stereocenters. The topological polar surface area (TPSA) is 70.4 Å². The summed E-state index contributed by atoms with van der Waals surface area (Å²) in [7, 11) is 0. The molecule has 1 aromatic heterocycles. The van der Waals surface area contributed by atoms with Gasteiger partial charge in [-0.3, -0.25) is 9.78 Å². The molecule has 0 aliphatic heterocycles. The van der Waals surface area contributed by atoms with Gasteiger partial charge in [0.2, 0.25) is 0 Å². The molecule has 0 amide bonds. The lowest BCUT2D eigenvalue weighted by Gasteiger charge is -2.42. The number of benzene rings is 1. The molecule has 2 N–H and O–H groups in total. The number of carboxylic acid groups (broad SMARTS) is 1. The molecule has 0 spiro atoms. The van der Waals surface area contributed by atoms with Gasteiger partial charge in [0.1, 0.15) is 0 Å². The van der Waals surface area contributed by atoms with Gasteiger partial charge in [-0.2, -0.15) is 0 Å². The van der Waals surface area contributed by atoms with Crippen LogP contribution in [-0.4, -0.2) is 27.3 Å². The molecule has 1 fully saturated rings. The first-order valence-corrected chi connectivity index (χ1v) is 5.88. The van der Waals surface area contributed by atoms with Gasteiger partial charge in [-0.15, -0.1) is 0 Å². The van der Waals surface area contributed by atoms with E-state index in [1.54, 1.807) is 6.20 Å². The number of nitrogens with zero attached hydrogens (tertiary/aromatic N) is 1. The summed E-state index contributed by atoms with van der Waals surface area (Å²) in [6.45, 7) is 0. The maximum Gasteiger partial charge on any atom is 0.314 e. The van der Waals surface area contributed by atoms with E-state index >= 15 is 0 Å². The molecule has 0 atom stereocenters. The summed E-state index contributed by atoms with van der Waals surface area (Å²) in [4.78, 5) is 15.7. The van der Waals surface area contributed by atoms with E-state index in [1.807, 2.05) is 30.3 Å². The third-order valence-electron chi connectivity index (χ3n) is 3.74. The minimum Gasteiger partial charge on any atom is -0.481 e. The molecule has 0 bridgehead atoms. The fraction of sp³-hybridized carbons (Fsp3) is 0.286. The Kier molecular flexibility index (Phi) is 2.35. The highest BCUT2D eigenvalue weighted by Crippen LogP contribution is 2.44. The van der Waals surface area contributed by atoms with E-state index in [0.29, 0.717) is 0 Å². The standard InChI is InChI=1S/C14H13NO3/c16-11-7-14(8-11,13(17)18)10-4-3-9-2-1-5-15-12(9)6-10/h1-6,11,16H,7-8H2,(H,17,18). The SMILES string of the molecule is O=C(O)C1(c2ccc3cccnc3c2)CC(O)C1. The second-order valence-corrected chi connectivity index (χ2v) is 4.86. The molecule has 0 saturated heterocycles. The molecular formula is C14H13NO3. The van der Waals surface area contributed by atoms with Crippen LogP contribution in [0.15, 0.2) is 36.5 Å². The lowest BCUT2D eigenvalue weighted by Crippen LogP contribution is -2.50. The summed E-state index contributed by atoms with van der Waals surface area (Å²) in [5, 5.41) is 19.8. The molecule has 4 nitrogen and oxygen atoms in total. The van der Waals surface area contributed by atoms with Crippen molar-refractivity contribution in [3.05, 3.63) is 42.1 Å². The van der Waals surface area contributed by atoms with Crippen LogP contribution in [0.2, 0.25) is 0 Å². The number of carboxylic acids is 1. The normalized spacial score (nSPS) is 26.8. The molecule has 92 valence electrons. The second-order valence-electron chi connectivity index (χ2n) is 4.86. The number of rotatable bonds is 2. The molecule has 3 rings (SSSR count). The average Bonchev–Trinajstić information content (AvgIpc) is 2.34. The van der Waals surface area contributed by atoms with Gasteiger partial charge in [0.05, 0.1) is 17.0 Å². The monoisotopic (exact) mass is 243 g/mol. The molecule has 1 aliphatic carbocycles. The van der Waals surface area contributed by atoms with E-state index in [9.17, 15) is 15.0 Å². The highest BCUT2D eigenvalue weighted by atomic mass is 16.4. The molecule has 1 aromatic carbocycles. The van der Waals surface area contributed by atoms with Crippen LogP contribution in [-0.2, 0) is 10.2 Å². The Morgan fingerprint density at radius 1 is 1.33 bits per heavy atom. The van der Waals surface area contributed by atoms with Gasteiger partial charge >= 0.3 is 5.97 Å². The van der Waals surface area contributed by atoms with Gasteiger partial charge in [-0.1, -0.05) is 18.2 Å². The molecule has 1 aliphatic rings. The highest BCUT2D eigenvalue weighted by molar-refractivity contribution is 5.86. The smallest absolute Gasteiger partial charge is 0.314 e. The zero-order valence-electron chi connectivity index (χ0n) is 9.71. The van der Waals surface area contributed by atoms with Crippen LogP contribution >= 0.6 is 0 Å². The zero-order chi connectivity index (χ0) is 12.8. The summed E-state index contributed by atoms with van der Waals surface area (Å²) >= 11 is 0. The number of aromatic nitrogens is 1. The van der Waals surface area contributed by atoms with Crippen molar-refractivity contribution in [2.24, 2.45) is 0 Å². The average molecular weight is 243 g/mol. The van der Waals surface area contributed by atoms with Crippen molar-refractivity contribution in [2.45, 2.75) is 24.4 Å². The van der Waals surface area contributed by atoms with Crippen LogP contribution in [0.1, 0.15) is 18.4 Å². The van der Waals surface area contributed by atoms with E-state index in [0.717, 1.165) is 16.5 Å². The Hall–Kier alpha value is -1.94. The summed E-state index contributed by atoms with van der Waals surface area (Å²) in [5.41, 5.74) is 0.578. The van der Waals surface area contributed by atoms with Crippen molar-refractivity contribution < 1.29 is 15.0 Å². The van der Waals surface area contributed by atoms with Gasteiger partial charge in [0.25, 0.3) is 0 Å². The largest absolute Gasteiger partial charge is 0.481 e. The maximum atomic E-state index is 11.5. The van der Waals surface area contributed by atoms with Gasteiger partial charge in [0.15, 0.2) is 0 Å². The molecular weight excluding hydrogens is 230 g/mol. The van der Waals surface area contributed by atoms with E-state index in [2.05, 4.69) is 4.98 Å². The predicted octanol–water partition coefficient (Wildman–Crippen LogP) is 1.71. The van der Waals surface area contributed by atoms with Crippen LogP contribution in [0.4, 0.5) is 0 Å². The summed E-state index contributed by atoms with van der Waals surface area (Å²) < 4.78 is 0. The molecule has 18 heavy (non-hydrogen) atoms. The summed E-state index contributed by atoms with van der Waals surface area (Å²) in [6.07, 6.45) is 1.73. The van der Waals surface area contributed by atoms with E-state index in [4.69, 9.17) is 0 Å². The Balaban J connectivity index is 2.11. The van der Waals surface area contributed by atoms with Gasteiger partial charge < -0.3 is 10.2 Å². The van der Waals surface area contributed by atoms with E-state index in [1.165, 1.54) is 0 Å². The van der Waals surface area contributed by atoms with Gasteiger partial charge in [-0.25, -0.2) is 0 Å². The number of aliphatic hydroxyl groups excluding tert-OH is 1. The molecule has 1 saturated carbocycles. The quantitative estimate of drug-likeness (QED) is 0.842. The van der Waals surface area contributed by atoms with Crippen LogP contribution in [0.3, 0.4) is 0 Å². The Morgan fingerprint density at radius 2 is 2.11 bits per heavy atom. The Bertz CT molecular complexity index is 617. The number of pyridine rings is 1. The van der Waals surface area contributed by atoms with Crippen LogP contribution in [0, 0.1) is 0 Å². The third kappa shape index (κ3) is 1.49. The Labute approximate surface area is 104 Å². The lowest BCUT2D eigenvalue weighted by molar-refractivity contribution is -0.152. The van der Waals surface area contributed by atoms with E-state index in [-0.39, 0.29) is 12.8 Å². The molecule has 1 heterocycles. The number of carbonyl (C=O) groups is 1. The van der Waals surface area contributed by atoms with Gasteiger partial charge in [0, 0.05) is 11.6 Å². The first kappa shape index (κ1) is 11.2. The third-order valence-corrected chi connectivity index (χ3v) is 3.74. The highest BCUT2D eigenvalue weighted by Gasteiger charge is 2.51. The number of hydrogen-bond acceptors (Lipinski definition) is 3. The van der Waals surface area contributed by atoms with Crippen LogP contribution in [0.5, 0.6) is 0 Å². The summed E-state index contributed by atoms with van der Waals surface area (Å²) in [5.74, 6) is -0.872. The maximum absolute atomic E-state index is 11.5. The molecule has 0 radical (unpaired) electrons. The molecule has 4 heteroatoms. The predicted molar refractivity (Wildman–Crippen MR) is 66.3 cm³/mol. The molecule has 2 aromatic rings. The summed E-state index contributed by atoms with van der Waals surface area (Å²) in [6, 6.07) is 9.31. The van der Waals surface area contributed by atoms with Crippen molar-refractivity contribution in [3.63, 3.8) is 0 Å². The minimum atomic E-state index is -0.939. The van der Waals surface area contributed by atoms with Crippen molar-refractivity contribution in [3.8, 4) is 0 Å². The number of aliphatic hydroxyl groups is 1. The van der Waals surface area contributed by atoms with Crippen LogP contribution in [0.25, 0.3) is 10.9 Å². The first-order chi connectivity index (χ1) is 8.62. The van der Waals surface area contributed by atoms with Crippen LogP contribution < -0.4 is 0 Å². The lowest BCUT2D eigenvalue weighted by atomic mass is 9.62. The van der Waals surface area contributed by atoms with Crippen molar-refractivity contribution >= 4 is 16.9 Å². The second kappa shape index (κ2) is 3.78. The Morgan fingerprint density at radius 3 is 2.78 bits per heavy atom. The minimum absolute atomic E-state index is 0.278. The first-order valence-electron chi connectivity index (χ1n) is 5.88. The van der Waals surface area contributed by atoms with Gasteiger partial charge in [-0.05, 0) is 30.5 Å². The number of aliphatic carboxylic acids is 1. The fourth-order valence-electron chi connectivity index (χ4n) is 2.64. The fourth-order valence-corrected chi connectivity index (χ4v) is 2.64.